The zero-order valence-electron chi connectivity index (χ0n) is 14.1. The fourth-order valence-corrected chi connectivity index (χ4v) is 4.71. The van der Waals surface area contributed by atoms with Crippen LogP contribution in [0.4, 0.5) is 0 Å². The fraction of sp³-hybridized carbons (Fsp3) is 0.400. The summed E-state index contributed by atoms with van der Waals surface area (Å²) in [5.41, 5.74) is 2.47. The average Bonchev–Trinajstić information content (AvgIpc) is 3.47. The van der Waals surface area contributed by atoms with Crippen LogP contribution in [0.25, 0.3) is 11.3 Å². The van der Waals surface area contributed by atoms with Gasteiger partial charge < -0.3 is 18.9 Å². The molecule has 6 heteroatoms. The Bertz CT molecular complexity index is 914. The molecule has 5 heterocycles. The van der Waals surface area contributed by atoms with Gasteiger partial charge in [0, 0.05) is 43.0 Å². The predicted molar refractivity (Wildman–Crippen MR) is 91.8 cm³/mol. The summed E-state index contributed by atoms with van der Waals surface area (Å²) < 4.78 is 16.9. The number of ether oxygens (including phenoxy) is 2. The Balaban J connectivity index is 1.23. The van der Waals surface area contributed by atoms with E-state index >= 15 is 0 Å². The van der Waals surface area contributed by atoms with Crippen LogP contribution in [0, 0.1) is 11.8 Å². The Morgan fingerprint density at radius 3 is 2.73 bits per heavy atom. The number of benzene rings is 1. The Kier molecular flexibility index (Phi) is 2.91. The van der Waals surface area contributed by atoms with Crippen LogP contribution in [0.3, 0.4) is 0 Å². The molecule has 0 aliphatic carbocycles. The number of amides is 1. The number of fused-ring (bicyclic) bond motifs is 6. The third kappa shape index (κ3) is 2.02. The molecule has 1 aromatic carbocycles. The first-order chi connectivity index (χ1) is 12.8. The molecule has 26 heavy (non-hydrogen) atoms. The molecular weight excluding hydrogens is 332 g/mol. The summed E-state index contributed by atoms with van der Waals surface area (Å²) in [6.07, 6.45) is 5.50. The second-order valence-electron chi connectivity index (χ2n) is 7.49. The van der Waals surface area contributed by atoms with Crippen molar-refractivity contribution in [3.63, 3.8) is 0 Å². The minimum atomic E-state index is -0.0571. The van der Waals surface area contributed by atoms with Crippen molar-refractivity contribution in [1.29, 1.82) is 0 Å². The van der Waals surface area contributed by atoms with E-state index in [2.05, 4.69) is 23.4 Å². The zero-order valence-corrected chi connectivity index (χ0v) is 14.1. The van der Waals surface area contributed by atoms with Crippen LogP contribution in [0.2, 0.25) is 0 Å². The molecule has 4 aliphatic heterocycles. The van der Waals surface area contributed by atoms with Gasteiger partial charge >= 0.3 is 0 Å². The molecule has 2 bridgehead atoms. The van der Waals surface area contributed by atoms with Gasteiger partial charge in [-0.2, -0.15) is 0 Å². The molecule has 0 saturated carbocycles. The highest BCUT2D eigenvalue weighted by Gasteiger charge is 2.51. The first-order valence-corrected chi connectivity index (χ1v) is 9.12. The lowest BCUT2D eigenvalue weighted by Crippen LogP contribution is -2.31. The molecule has 1 aromatic heterocycles. The fourth-order valence-electron chi connectivity index (χ4n) is 4.71. The molecule has 0 N–H and O–H groups in total. The average molecular weight is 350 g/mol. The van der Waals surface area contributed by atoms with E-state index in [1.807, 2.05) is 17.0 Å². The van der Waals surface area contributed by atoms with Crippen molar-refractivity contribution >= 4 is 5.91 Å². The van der Waals surface area contributed by atoms with Gasteiger partial charge in [0.1, 0.15) is 5.75 Å². The largest absolute Gasteiger partial charge is 0.493 e. The van der Waals surface area contributed by atoms with Crippen molar-refractivity contribution in [2.45, 2.75) is 18.6 Å². The van der Waals surface area contributed by atoms with Crippen LogP contribution in [0.15, 0.2) is 40.9 Å². The highest BCUT2D eigenvalue weighted by atomic mass is 16.5. The van der Waals surface area contributed by atoms with Gasteiger partial charge in [-0.05, 0) is 23.8 Å². The lowest BCUT2D eigenvalue weighted by Gasteiger charge is -2.17. The summed E-state index contributed by atoms with van der Waals surface area (Å²) in [6.45, 7) is 2.18. The highest BCUT2D eigenvalue weighted by molar-refractivity contribution is 5.93. The zero-order chi connectivity index (χ0) is 17.3. The van der Waals surface area contributed by atoms with Gasteiger partial charge in [0.2, 0.25) is 0 Å². The van der Waals surface area contributed by atoms with Crippen molar-refractivity contribution < 1.29 is 18.8 Å². The number of carbonyl (C=O) groups excluding carboxylic acids is 1. The van der Waals surface area contributed by atoms with Gasteiger partial charge in [-0.15, -0.1) is 0 Å². The van der Waals surface area contributed by atoms with Gasteiger partial charge in [-0.25, -0.2) is 0 Å². The number of carbonyl (C=O) groups is 1. The van der Waals surface area contributed by atoms with Gasteiger partial charge in [-0.1, -0.05) is 17.3 Å². The molecule has 2 saturated heterocycles. The minimum absolute atomic E-state index is 0.0571. The van der Waals surface area contributed by atoms with E-state index in [0.29, 0.717) is 23.3 Å². The van der Waals surface area contributed by atoms with E-state index in [9.17, 15) is 4.79 Å². The summed E-state index contributed by atoms with van der Waals surface area (Å²) in [6, 6.07) is 7.70. The Morgan fingerprint density at radius 2 is 1.92 bits per heavy atom. The SMILES string of the molecule is O=C(c1cc(-c2ccc3c(c2)CCO3)on1)N1CC2C3C=CC(O3)C2C1. The van der Waals surface area contributed by atoms with E-state index in [1.54, 1.807) is 6.07 Å². The molecule has 4 aliphatic rings. The maximum atomic E-state index is 12.9. The lowest BCUT2D eigenvalue weighted by molar-refractivity contribution is 0.0648. The Labute approximate surface area is 150 Å². The number of hydrogen-bond donors (Lipinski definition) is 0. The van der Waals surface area contributed by atoms with Crippen LogP contribution in [0.1, 0.15) is 16.1 Å². The third-order valence-corrected chi connectivity index (χ3v) is 6.05. The Morgan fingerprint density at radius 1 is 1.12 bits per heavy atom. The molecule has 1 amide bonds. The van der Waals surface area contributed by atoms with Crippen molar-refractivity contribution in [2.24, 2.45) is 11.8 Å². The summed E-state index contributed by atoms with van der Waals surface area (Å²) in [5, 5.41) is 4.03. The smallest absolute Gasteiger partial charge is 0.276 e. The highest BCUT2D eigenvalue weighted by Crippen LogP contribution is 2.43. The summed E-state index contributed by atoms with van der Waals surface area (Å²) >= 11 is 0. The molecule has 6 nitrogen and oxygen atoms in total. The van der Waals surface area contributed by atoms with Crippen molar-refractivity contribution in [1.82, 2.24) is 10.1 Å². The monoisotopic (exact) mass is 350 g/mol. The lowest BCUT2D eigenvalue weighted by atomic mass is 9.86. The molecular formula is C20H18N2O4. The molecule has 132 valence electrons. The molecule has 4 unspecified atom stereocenters. The van der Waals surface area contributed by atoms with Crippen LogP contribution in [-0.2, 0) is 11.2 Å². The normalized spacial score (nSPS) is 30.5. The van der Waals surface area contributed by atoms with Crippen LogP contribution in [-0.4, -0.2) is 47.9 Å². The number of likely N-dealkylation sites (tertiary alicyclic amines) is 1. The summed E-state index contributed by atoms with van der Waals surface area (Å²) in [5.74, 6) is 2.32. The van der Waals surface area contributed by atoms with Gasteiger partial charge in [0.05, 0.1) is 18.8 Å². The van der Waals surface area contributed by atoms with Gasteiger partial charge in [0.25, 0.3) is 5.91 Å². The van der Waals surface area contributed by atoms with Crippen LogP contribution >= 0.6 is 0 Å². The van der Waals surface area contributed by atoms with E-state index in [1.165, 1.54) is 5.56 Å². The van der Waals surface area contributed by atoms with Crippen LogP contribution < -0.4 is 4.74 Å². The second-order valence-corrected chi connectivity index (χ2v) is 7.49. The Hall–Kier alpha value is -2.60. The molecule has 0 spiro atoms. The van der Waals surface area contributed by atoms with Crippen LogP contribution in [0.5, 0.6) is 5.75 Å². The summed E-state index contributed by atoms with van der Waals surface area (Å²) in [4.78, 5) is 14.8. The quantitative estimate of drug-likeness (QED) is 0.778. The molecule has 6 rings (SSSR count). The van der Waals surface area contributed by atoms with E-state index in [0.717, 1.165) is 37.4 Å². The third-order valence-electron chi connectivity index (χ3n) is 6.05. The first kappa shape index (κ1) is 14.6. The van der Waals surface area contributed by atoms with Crippen molar-refractivity contribution in [2.75, 3.05) is 19.7 Å². The molecule has 4 atom stereocenters. The maximum absolute atomic E-state index is 12.9. The van der Waals surface area contributed by atoms with Gasteiger partial charge in [-0.3, -0.25) is 4.79 Å². The first-order valence-electron chi connectivity index (χ1n) is 9.12. The maximum Gasteiger partial charge on any atom is 0.276 e. The topological polar surface area (TPSA) is 64.8 Å². The van der Waals surface area contributed by atoms with E-state index < -0.39 is 0 Å². The van der Waals surface area contributed by atoms with E-state index in [4.69, 9.17) is 14.0 Å². The number of nitrogens with zero attached hydrogens (tertiary/aromatic N) is 2. The van der Waals surface area contributed by atoms with Crippen molar-refractivity contribution in [3.8, 4) is 17.1 Å². The van der Waals surface area contributed by atoms with Crippen molar-refractivity contribution in [3.05, 3.63) is 47.7 Å². The van der Waals surface area contributed by atoms with E-state index in [-0.39, 0.29) is 18.1 Å². The number of rotatable bonds is 2. The summed E-state index contributed by atoms with van der Waals surface area (Å²) in [7, 11) is 0. The number of hydrogen-bond acceptors (Lipinski definition) is 5. The second kappa shape index (κ2) is 5.20. The molecule has 0 radical (unpaired) electrons. The molecule has 2 fully saturated rings. The standard InChI is InChI=1S/C20H18N2O4/c23-20(22-9-13-14(10-22)18-4-3-17(13)25-18)15-8-19(26-21-15)11-1-2-16-12(7-11)5-6-24-16/h1-4,7-8,13-14,17-18H,5-6,9-10H2. The number of aromatic nitrogens is 1. The predicted octanol–water partition coefficient (Wildman–Crippen LogP) is 2.30. The van der Waals surface area contributed by atoms with Gasteiger partial charge in [0.15, 0.2) is 11.5 Å². The molecule has 2 aromatic rings. The minimum Gasteiger partial charge on any atom is -0.493 e.